The van der Waals surface area contributed by atoms with E-state index in [1.165, 1.54) is 29.5 Å². The second-order valence-electron chi connectivity index (χ2n) is 5.85. The van der Waals surface area contributed by atoms with Crippen molar-refractivity contribution < 1.29 is 9.72 Å². The third-order valence-corrected chi connectivity index (χ3v) is 5.57. The molecule has 0 saturated carbocycles. The van der Waals surface area contributed by atoms with Crippen molar-refractivity contribution in [2.24, 2.45) is 0 Å². The molecule has 2 heterocycles. The molecule has 0 radical (unpaired) electrons. The maximum absolute atomic E-state index is 12.5. The molecule has 4 rings (SSSR count). The first-order valence-corrected chi connectivity index (χ1v) is 9.61. The first-order chi connectivity index (χ1) is 13.5. The van der Waals surface area contributed by atoms with Crippen LogP contribution in [0.15, 0.2) is 52.3 Å². The summed E-state index contributed by atoms with van der Waals surface area (Å²) in [6.07, 6.45) is 0. The molecule has 0 fully saturated rings. The van der Waals surface area contributed by atoms with Crippen molar-refractivity contribution in [1.82, 2.24) is 4.98 Å². The van der Waals surface area contributed by atoms with Gasteiger partial charge in [-0.25, -0.2) is 4.98 Å². The molecule has 0 bridgehead atoms. The molecule has 3 aromatic rings. The van der Waals surface area contributed by atoms with E-state index in [0.717, 1.165) is 10.0 Å². The third kappa shape index (κ3) is 3.09. The quantitative estimate of drug-likeness (QED) is 0.264. The number of hydrogen-bond donors (Lipinski definition) is 1. The van der Waals surface area contributed by atoms with Crippen molar-refractivity contribution in [3.05, 3.63) is 73.0 Å². The van der Waals surface area contributed by atoms with Crippen molar-refractivity contribution >= 4 is 55.7 Å². The zero-order chi connectivity index (χ0) is 19.8. The summed E-state index contributed by atoms with van der Waals surface area (Å²) in [5, 5.41) is 25.6. The maximum Gasteiger partial charge on any atom is 0.270 e. The molecule has 9 heteroatoms. The van der Waals surface area contributed by atoms with Crippen molar-refractivity contribution in [3.8, 4) is 17.3 Å². The maximum atomic E-state index is 12.5. The number of benzene rings is 2. The molecule has 1 aromatic heterocycles. The number of hydrogen-bond acceptors (Lipinski definition) is 6. The largest absolute Gasteiger partial charge is 0.321 e. The molecule has 28 heavy (non-hydrogen) atoms. The predicted molar refractivity (Wildman–Crippen MR) is 109 cm³/mol. The van der Waals surface area contributed by atoms with Crippen LogP contribution in [0, 0.1) is 21.4 Å². The number of carbonyl (C=O) groups is 1. The Morgan fingerprint density at radius 1 is 1.25 bits per heavy atom. The highest BCUT2D eigenvalue weighted by atomic mass is 79.9. The molecule has 1 amide bonds. The van der Waals surface area contributed by atoms with Gasteiger partial charge in [-0.2, -0.15) is 5.26 Å². The Balaban J connectivity index is 1.84. The van der Waals surface area contributed by atoms with Gasteiger partial charge in [0, 0.05) is 38.8 Å². The lowest BCUT2D eigenvalue weighted by molar-refractivity contribution is -0.384. The summed E-state index contributed by atoms with van der Waals surface area (Å²) in [5.41, 5.74) is 2.35. The van der Waals surface area contributed by atoms with Crippen LogP contribution in [-0.4, -0.2) is 15.8 Å². The summed E-state index contributed by atoms with van der Waals surface area (Å²) in [4.78, 5) is 27.5. The average molecular weight is 453 g/mol. The number of rotatable bonds is 3. The topological polar surface area (TPSA) is 109 Å². The highest BCUT2D eigenvalue weighted by molar-refractivity contribution is 9.10. The molecule has 7 nitrogen and oxygen atoms in total. The predicted octanol–water partition coefficient (Wildman–Crippen LogP) is 4.87. The van der Waals surface area contributed by atoms with Gasteiger partial charge in [0.15, 0.2) is 0 Å². The van der Waals surface area contributed by atoms with Gasteiger partial charge >= 0.3 is 0 Å². The van der Waals surface area contributed by atoms with Crippen LogP contribution in [0.2, 0.25) is 0 Å². The van der Waals surface area contributed by atoms with Crippen LogP contribution < -0.4 is 5.32 Å². The van der Waals surface area contributed by atoms with Crippen LogP contribution in [0.4, 0.5) is 11.4 Å². The van der Waals surface area contributed by atoms with Gasteiger partial charge in [0.2, 0.25) is 0 Å². The average Bonchev–Trinajstić information content (AvgIpc) is 3.28. The van der Waals surface area contributed by atoms with Crippen molar-refractivity contribution in [1.29, 1.82) is 5.26 Å². The number of nitriles is 1. The SMILES string of the molecule is N#C/C(=C1/C(=O)Nc2ccc([N+](=O)[O-])cc21)c1nc(-c2ccc(Br)cc2)cs1. The van der Waals surface area contributed by atoms with E-state index >= 15 is 0 Å². The van der Waals surface area contributed by atoms with Crippen LogP contribution in [0.3, 0.4) is 0 Å². The minimum Gasteiger partial charge on any atom is -0.321 e. The van der Waals surface area contributed by atoms with E-state index < -0.39 is 10.8 Å². The number of aromatic nitrogens is 1. The zero-order valence-corrected chi connectivity index (χ0v) is 16.4. The fraction of sp³-hybridized carbons (Fsp3) is 0. The van der Waals surface area contributed by atoms with Crippen LogP contribution in [0.1, 0.15) is 10.6 Å². The first-order valence-electron chi connectivity index (χ1n) is 7.94. The number of fused-ring (bicyclic) bond motifs is 1. The van der Waals surface area contributed by atoms with Gasteiger partial charge in [0.05, 0.1) is 16.2 Å². The zero-order valence-electron chi connectivity index (χ0n) is 14.0. The van der Waals surface area contributed by atoms with E-state index in [4.69, 9.17) is 0 Å². The third-order valence-electron chi connectivity index (χ3n) is 4.18. The second kappa shape index (κ2) is 6.99. The van der Waals surface area contributed by atoms with Gasteiger partial charge < -0.3 is 5.32 Å². The molecule has 0 spiro atoms. The molecular formula is C19H9BrN4O3S. The molecule has 1 aliphatic heterocycles. The monoisotopic (exact) mass is 452 g/mol. The minimum absolute atomic E-state index is 0.0881. The molecule has 136 valence electrons. The van der Waals surface area contributed by atoms with E-state index in [0.29, 0.717) is 22.0 Å². The van der Waals surface area contributed by atoms with Gasteiger partial charge in [0.25, 0.3) is 11.6 Å². The van der Waals surface area contributed by atoms with Gasteiger partial charge in [-0.15, -0.1) is 11.3 Å². The van der Waals surface area contributed by atoms with Crippen LogP contribution in [0.5, 0.6) is 0 Å². The van der Waals surface area contributed by atoms with Crippen molar-refractivity contribution in [2.45, 2.75) is 0 Å². The van der Waals surface area contributed by atoms with E-state index in [-0.39, 0.29) is 16.8 Å². The number of nitrogens with one attached hydrogen (secondary N) is 1. The van der Waals surface area contributed by atoms with E-state index in [9.17, 15) is 20.2 Å². The first kappa shape index (κ1) is 18.0. The lowest BCUT2D eigenvalue weighted by atomic mass is 10.0. The van der Waals surface area contributed by atoms with Crippen molar-refractivity contribution in [3.63, 3.8) is 0 Å². The van der Waals surface area contributed by atoms with E-state index in [2.05, 4.69) is 26.2 Å². The Morgan fingerprint density at radius 3 is 2.68 bits per heavy atom. The van der Waals surface area contributed by atoms with Gasteiger partial charge in [-0.05, 0) is 18.2 Å². The number of nitro groups is 1. The number of carbonyl (C=O) groups excluding carboxylic acids is 1. The molecule has 0 atom stereocenters. The minimum atomic E-state index is -0.540. The van der Waals surface area contributed by atoms with Gasteiger partial charge in [-0.3, -0.25) is 14.9 Å². The highest BCUT2D eigenvalue weighted by Gasteiger charge is 2.31. The van der Waals surface area contributed by atoms with Crippen molar-refractivity contribution in [2.75, 3.05) is 5.32 Å². The molecule has 0 saturated heterocycles. The Kier molecular flexibility index (Phi) is 4.50. The number of anilines is 1. The summed E-state index contributed by atoms with van der Waals surface area (Å²) in [6, 6.07) is 13.7. The Morgan fingerprint density at radius 2 is 2.00 bits per heavy atom. The number of allylic oxidation sites excluding steroid dienone is 1. The Hall–Kier alpha value is -3.35. The summed E-state index contributed by atoms with van der Waals surface area (Å²) in [7, 11) is 0. The Labute approximate surface area is 171 Å². The van der Waals surface area contributed by atoms with Crippen LogP contribution in [-0.2, 0) is 4.79 Å². The fourth-order valence-corrected chi connectivity index (χ4v) is 3.96. The molecule has 0 unspecified atom stereocenters. The summed E-state index contributed by atoms with van der Waals surface area (Å²) < 4.78 is 0.937. The number of thiazole rings is 1. The summed E-state index contributed by atoms with van der Waals surface area (Å²) in [5.74, 6) is -0.479. The fourth-order valence-electron chi connectivity index (χ4n) is 2.87. The standard InChI is InChI=1S/C19H9BrN4O3S/c20-11-3-1-10(2-4-11)16-9-28-19(23-16)14(8-21)17-13-7-12(24(26)27)5-6-15(13)22-18(17)25/h1-7,9H,(H,22,25)/b17-14-. The number of nitro benzene ring substituents is 1. The van der Waals surface area contributed by atoms with Gasteiger partial charge in [0.1, 0.15) is 16.6 Å². The second-order valence-corrected chi connectivity index (χ2v) is 7.62. The van der Waals surface area contributed by atoms with Crippen LogP contribution >= 0.6 is 27.3 Å². The van der Waals surface area contributed by atoms with E-state index in [1.807, 2.05) is 30.3 Å². The summed E-state index contributed by atoms with van der Waals surface area (Å²) in [6.45, 7) is 0. The molecule has 1 N–H and O–H groups in total. The summed E-state index contributed by atoms with van der Waals surface area (Å²) >= 11 is 4.62. The highest BCUT2D eigenvalue weighted by Crippen LogP contribution is 2.39. The van der Waals surface area contributed by atoms with Crippen LogP contribution in [0.25, 0.3) is 22.4 Å². The normalized spacial score (nSPS) is 14.2. The molecule has 2 aromatic carbocycles. The number of amides is 1. The lowest BCUT2D eigenvalue weighted by Crippen LogP contribution is -2.05. The Bertz CT molecular complexity index is 1210. The molecular weight excluding hydrogens is 444 g/mol. The number of halogens is 1. The number of non-ortho nitro benzene ring substituents is 1. The molecule has 1 aliphatic rings. The lowest BCUT2D eigenvalue weighted by Gasteiger charge is -2.01. The van der Waals surface area contributed by atoms with Gasteiger partial charge in [-0.1, -0.05) is 28.1 Å². The number of nitrogens with zero attached hydrogens (tertiary/aromatic N) is 3. The van der Waals surface area contributed by atoms with E-state index in [1.54, 1.807) is 5.38 Å². The molecule has 0 aliphatic carbocycles. The smallest absolute Gasteiger partial charge is 0.270 e.